The summed E-state index contributed by atoms with van der Waals surface area (Å²) in [7, 11) is 0. The van der Waals surface area contributed by atoms with E-state index in [0.717, 1.165) is 33.0 Å². The summed E-state index contributed by atoms with van der Waals surface area (Å²) >= 11 is 0. The van der Waals surface area contributed by atoms with Crippen LogP contribution in [0.25, 0.3) is 21.9 Å². The van der Waals surface area contributed by atoms with Crippen LogP contribution in [0.15, 0.2) is 72.8 Å². The second kappa shape index (κ2) is 7.40. The van der Waals surface area contributed by atoms with Crippen molar-refractivity contribution in [2.75, 3.05) is 0 Å². The van der Waals surface area contributed by atoms with Gasteiger partial charge in [0.1, 0.15) is 5.75 Å². The number of halogens is 1. The van der Waals surface area contributed by atoms with Gasteiger partial charge < -0.3 is 9.84 Å². The molecule has 144 valence electrons. The monoisotopic (exact) mass is 386 g/mol. The molecule has 4 aromatic rings. The highest BCUT2D eigenvalue weighted by Gasteiger charge is 2.16. The molecule has 3 nitrogen and oxygen atoms in total. The lowest BCUT2D eigenvalue weighted by atomic mass is 9.93. The van der Waals surface area contributed by atoms with Crippen LogP contribution in [0.4, 0.5) is 4.39 Å². The normalized spacial score (nSPS) is 10.9. The maximum absolute atomic E-state index is 13.9. The van der Waals surface area contributed by atoms with Gasteiger partial charge in [-0.3, -0.25) is 0 Å². The van der Waals surface area contributed by atoms with E-state index in [9.17, 15) is 14.3 Å². The number of phenolic OH excluding ortho intramolecular Hbond substituents is 1. The first kappa shape index (κ1) is 18.7. The summed E-state index contributed by atoms with van der Waals surface area (Å²) in [5.41, 5.74) is 3.56. The molecule has 29 heavy (non-hydrogen) atoms. The van der Waals surface area contributed by atoms with E-state index < -0.39 is 11.8 Å². The molecular formula is C25H19FO3. The molecule has 4 heteroatoms. The molecule has 0 spiro atoms. The van der Waals surface area contributed by atoms with E-state index in [0.29, 0.717) is 5.56 Å². The molecular weight excluding hydrogens is 367 g/mol. The van der Waals surface area contributed by atoms with Crippen molar-refractivity contribution in [3.8, 4) is 22.6 Å². The van der Waals surface area contributed by atoms with E-state index in [4.69, 9.17) is 4.74 Å². The van der Waals surface area contributed by atoms with Crippen molar-refractivity contribution < 1.29 is 19.0 Å². The minimum absolute atomic E-state index is 0.108. The number of aryl methyl sites for hydroxylation is 2. The number of carbonyl (C=O) groups excluding carboxylic acids is 1. The molecule has 0 aliphatic carbocycles. The van der Waals surface area contributed by atoms with E-state index in [-0.39, 0.29) is 11.5 Å². The van der Waals surface area contributed by atoms with Crippen molar-refractivity contribution in [3.05, 3.63) is 95.3 Å². The second-order valence-electron chi connectivity index (χ2n) is 7.02. The van der Waals surface area contributed by atoms with Crippen LogP contribution in [0.3, 0.4) is 0 Å². The Morgan fingerprint density at radius 3 is 2.28 bits per heavy atom. The Morgan fingerprint density at radius 1 is 0.897 bits per heavy atom. The lowest BCUT2D eigenvalue weighted by Gasteiger charge is -2.13. The largest absolute Gasteiger partial charge is 0.507 e. The Hall–Kier alpha value is -3.66. The molecule has 0 saturated heterocycles. The average molecular weight is 386 g/mol. The summed E-state index contributed by atoms with van der Waals surface area (Å²) in [4.78, 5) is 12.8. The number of para-hydroxylation sites is 1. The van der Waals surface area contributed by atoms with Crippen molar-refractivity contribution in [3.63, 3.8) is 0 Å². The van der Waals surface area contributed by atoms with Crippen LogP contribution in [0.1, 0.15) is 21.5 Å². The Bertz CT molecular complexity index is 1220. The lowest BCUT2D eigenvalue weighted by Crippen LogP contribution is -2.09. The summed E-state index contributed by atoms with van der Waals surface area (Å²) in [6.45, 7) is 3.68. The summed E-state index contributed by atoms with van der Waals surface area (Å²) in [6, 6.07) is 20.8. The van der Waals surface area contributed by atoms with Gasteiger partial charge >= 0.3 is 5.97 Å². The quantitative estimate of drug-likeness (QED) is 0.337. The number of benzene rings is 4. The Balaban J connectivity index is 1.85. The molecule has 0 aliphatic heterocycles. The smallest absolute Gasteiger partial charge is 0.343 e. The fourth-order valence-electron chi connectivity index (χ4n) is 3.46. The standard InChI is InChI=1S/C25H19FO3/c1-15-11-18(12-16(2)24(15)27)21-14-19(13-17-7-3-4-8-20(17)21)25(28)29-23-10-6-5-9-22(23)26/h3-14,27H,1-2H3. The number of fused-ring (bicyclic) bond motifs is 1. The third-order valence-corrected chi connectivity index (χ3v) is 4.94. The molecule has 0 amide bonds. The van der Waals surface area contributed by atoms with Crippen LogP contribution >= 0.6 is 0 Å². The Kier molecular flexibility index (Phi) is 4.77. The number of phenols is 1. The van der Waals surface area contributed by atoms with Gasteiger partial charge in [-0.1, -0.05) is 36.4 Å². The lowest BCUT2D eigenvalue weighted by molar-refractivity contribution is 0.0728. The van der Waals surface area contributed by atoms with Gasteiger partial charge in [0.05, 0.1) is 5.56 Å². The van der Waals surface area contributed by atoms with Crippen LogP contribution in [-0.2, 0) is 0 Å². The minimum Gasteiger partial charge on any atom is -0.507 e. The highest BCUT2D eigenvalue weighted by Crippen LogP contribution is 2.34. The van der Waals surface area contributed by atoms with Gasteiger partial charge in [-0.25, -0.2) is 9.18 Å². The molecule has 1 N–H and O–H groups in total. The first-order valence-electron chi connectivity index (χ1n) is 9.24. The van der Waals surface area contributed by atoms with Crippen LogP contribution in [0, 0.1) is 19.7 Å². The van der Waals surface area contributed by atoms with Crippen molar-refractivity contribution in [1.82, 2.24) is 0 Å². The maximum Gasteiger partial charge on any atom is 0.343 e. The summed E-state index contributed by atoms with van der Waals surface area (Å²) < 4.78 is 19.2. The van der Waals surface area contributed by atoms with E-state index >= 15 is 0 Å². The number of hydrogen-bond donors (Lipinski definition) is 1. The topological polar surface area (TPSA) is 46.5 Å². The van der Waals surface area contributed by atoms with Crippen molar-refractivity contribution >= 4 is 16.7 Å². The van der Waals surface area contributed by atoms with Crippen LogP contribution in [0.2, 0.25) is 0 Å². The van der Waals surface area contributed by atoms with Gasteiger partial charge in [0.25, 0.3) is 0 Å². The van der Waals surface area contributed by atoms with Gasteiger partial charge in [-0.15, -0.1) is 0 Å². The van der Waals surface area contributed by atoms with E-state index in [1.807, 2.05) is 50.2 Å². The molecule has 0 fully saturated rings. The number of hydrogen-bond acceptors (Lipinski definition) is 3. The first-order chi connectivity index (χ1) is 13.9. The molecule has 0 atom stereocenters. The minimum atomic E-state index is -0.630. The third-order valence-electron chi connectivity index (χ3n) is 4.94. The van der Waals surface area contributed by atoms with Crippen molar-refractivity contribution in [2.24, 2.45) is 0 Å². The zero-order valence-corrected chi connectivity index (χ0v) is 16.1. The molecule has 0 aliphatic rings. The molecule has 0 bridgehead atoms. The molecule has 0 radical (unpaired) electrons. The second-order valence-corrected chi connectivity index (χ2v) is 7.02. The van der Waals surface area contributed by atoms with E-state index in [1.54, 1.807) is 18.2 Å². The maximum atomic E-state index is 13.9. The van der Waals surface area contributed by atoms with E-state index in [1.165, 1.54) is 18.2 Å². The SMILES string of the molecule is Cc1cc(-c2cc(C(=O)Oc3ccccc3F)cc3ccccc23)cc(C)c1O. The fourth-order valence-corrected chi connectivity index (χ4v) is 3.46. The summed E-state index contributed by atoms with van der Waals surface area (Å²) in [5, 5.41) is 12.0. The number of rotatable bonds is 3. The van der Waals surface area contributed by atoms with Gasteiger partial charge in [0, 0.05) is 0 Å². The van der Waals surface area contributed by atoms with Crippen molar-refractivity contribution in [1.29, 1.82) is 0 Å². The predicted octanol–water partition coefficient (Wildman–Crippen LogP) is 6.19. The average Bonchev–Trinajstić information content (AvgIpc) is 2.72. The first-order valence-corrected chi connectivity index (χ1v) is 9.24. The van der Waals surface area contributed by atoms with Crippen molar-refractivity contribution in [2.45, 2.75) is 13.8 Å². The number of esters is 1. The highest BCUT2D eigenvalue weighted by molar-refractivity contribution is 6.03. The third kappa shape index (κ3) is 3.57. The van der Waals surface area contributed by atoms with Gasteiger partial charge in [0.2, 0.25) is 0 Å². The summed E-state index contributed by atoms with van der Waals surface area (Å²) in [5.74, 6) is -1.07. The Morgan fingerprint density at radius 2 is 1.55 bits per heavy atom. The molecule has 4 rings (SSSR count). The van der Waals surface area contributed by atoms with Gasteiger partial charge in [-0.05, 0) is 83.3 Å². The fraction of sp³-hybridized carbons (Fsp3) is 0.0800. The van der Waals surface area contributed by atoms with E-state index in [2.05, 4.69) is 0 Å². The van der Waals surface area contributed by atoms with Crippen LogP contribution < -0.4 is 4.74 Å². The Labute approximate surface area is 168 Å². The molecule has 0 heterocycles. The van der Waals surface area contributed by atoms with Crippen LogP contribution in [-0.4, -0.2) is 11.1 Å². The number of aromatic hydroxyl groups is 1. The number of carbonyl (C=O) groups is 1. The molecule has 0 aromatic heterocycles. The van der Waals surface area contributed by atoms with Crippen LogP contribution in [0.5, 0.6) is 11.5 Å². The highest BCUT2D eigenvalue weighted by atomic mass is 19.1. The number of ether oxygens (including phenoxy) is 1. The molecule has 0 unspecified atom stereocenters. The zero-order valence-electron chi connectivity index (χ0n) is 16.1. The van der Waals surface area contributed by atoms with Gasteiger partial charge in [0.15, 0.2) is 11.6 Å². The molecule has 4 aromatic carbocycles. The summed E-state index contributed by atoms with van der Waals surface area (Å²) in [6.07, 6.45) is 0. The van der Waals surface area contributed by atoms with Gasteiger partial charge in [-0.2, -0.15) is 0 Å². The predicted molar refractivity (Wildman–Crippen MR) is 112 cm³/mol. The zero-order chi connectivity index (χ0) is 20.5. The molecule has 0 saturated carbocycles.